The van der Waals surface area contributed by atoms with Crippen LogP contribution in [0.2, 0.25) is 0 Å². The van der Waals surface area contributed by atoms with E-state index >= 15 is 0 Å². The van der Waals surface area contributed by atoms with E-state index in [9.17, 15) is 14.7 Å². The fourth-order valence-electron chi connectivity index (χ4n) is 2.82. The Morgan fingerprint density at radius 1 is 1.56 bits per heavy atom. The molecule has 102 valence electrons. The number of carbonyl (C=O) groups excluding carboxylic acids is 1. The van der Waals surface area contributed by atoms with E-state index in [1.165, 1.54) is 4.90 Å². The van der Waals surface area contributed by atoms with Gasteiger partial charge in [-0.1, -0.05) is 6.92 Å². The number of ether oxygens (including phenoxy) is 1. The molecule has 2 amide bonds. The van der Waals surface area contributed by atoms with Gasteiger partial charge < -0.3 is 20.1 Å². The molecule has 0 saturated carbocycles. The van der Waals surface area contributed by atoms with Crippen LogP contribution in [0.4, 0.5) is 4.79 Å². The molecule has 2 unspecified atom stereocenters. The van der Waals surface area contributed by atoms with E-state index in [-0.39, 0.29) is 12.1 Å². The first kappa shape index (κ1) is 13.1. The second-order valence-electron chi connectivity index (χ2n) is 4.96. The second kappa shape index (κ2) is 5.14. The third-order valence-electron chi connectivity index (χ3n) is 3.97. The van der Waals surface area contributed by atoms with Crippen molar-refractivity contribution in [1.82, 2.24) is 10.2 Å². The highest BCUT2D eigenvalue weighted by Crippen LogP contribution is 2.32. The van der Waals surface area contributed by atoms with Crippen molar-refractivity contribution in [2.75, 3.05) is 19.8 Å². The van der Waals surface area contributed by atoms with Gasteiger partial charge in [0.05, 0.1) is 12.6 Å². The number of hydrogen-bond donors (Lipinski definition) is 2. The number of carboxylic acids is 1. The van der Waals surface area contributed by atoms with Crippen molar-refractivity contribution in [3.63, 3.8) is 0 Å². The average molecular weight is 256 g/mol. The lowest BCUT2D eigenvalue weighted by Crippen LogP contribution is -2.57. The smallest absolute Gasteiger partial charge is 0.329 e. The van der Waals surface area contributed by atoms with Gasteiger partial charge in [0, 0.05) is 13.2 Å². The number of amides is 2. The van der Waals surface area contributed by atoms with E-state index in [1.807, 2.05) is 6.92 Å². The largest absolute Gasteiger partial charge is 0.479 e. The van der Waals surface area contributed by atoms with E-state index in [0.717, 1.165) is 12.8 Å². The predicted octanol–water partition coefficient (Wildman–Crippen LogP) is 0.814. The zero-order valence-electron chi connectivity index (χ0n) is 10.6. The lowest BCUT2D eigenvalue weighted by atomic mass is 9.93. The molecule has 0 spiro atoms. The van der Waals surface area contributed by atoms with Gasteiger partial charge in [-0.2, -0.15) is 0 Å². The highest BCUT2D eigenvalue weighted by atomic mass is 16.5. The molecule has 2 fully saturated rings. The van der Waals surface area contributed by atoms with Crippen LogP contribution in [0, 0.1) is 0 Å². The zero-order chi connectivity index (χ0) is 13.2. The van der Waals surface area contributed by atoms with Gasteiger partial charge in [-0.25, -0.2) is 9.59 Å². The first-order chi connectivity index (χ1) is 8.60. The van der Waals surface area contributed by atoms with E-state index in [2.05, 4.69) is 5.32 Å². The summed E-state index contributed by atoms with van der Waals surface area (Å²) in [5.41, 5.74) is -1.02. The van der Waals surface area contributed by atoms with Gasteiger partial charge in [0.1, 0.15) is 5.54 Å². The summed E-state index contributed by atoms with van der Waals surface area (Å²) in [5.74, 6) is -0.902. The molecule has 2 heterocycles. The number of rotatable bonds is 3. The molecule has 2 rings (SSSR count). The Hall–Kier alpha value is -1.30. The van der Waals surface area contributed by atoms with Crippen molar-refractivity contribution in [1.29, 1.82) is 0 Å². The Morgan fingerprint density at radius 3 is 2.89 bits per heavy atom. The van der Waals surface area contributed by atoms with Crippen LogP contribution in [-0.2, 0) is 9.53 Å². The van der Waals surface area contributed by atoms with Crippen molar-refractivity contribution in [3.05, 3.63) is 0 Å². The molecule has 2 saturated heterocycles. The molecule has 6 nitrogen and oxygen atoms in total. The fraction of sp³-hybridized carbons (Fsp3) is 0.833. The maximum absolute atomic E-state index is 12.2. The summed E-state index contributed by atoms with van der Waals surface area (Å²) in [5, 5.41) is 12.3. The molecular formula is C12H20N2O4. The lowest BCUT2D eigenvalue weighted by molar-refractivity contribution is -0.148. The molecule has 6 heteroatoms. The molecule has 0 aromatic rings. The van der Waals surface area contributed by atoms with Crippen LogP contribution in [0.5, 0.6) is 0 Å². The number of nitrogens with one attached hydrogen (secondary N) is 1. The normalized spacial score (nSPS) is 31.6. The third kappa shape index (κ3) is 2.16. The Labute approximate surface area is 106 Å². The van der Waals surface area contributed by atoms with Gasteiger partial charge >= 0.3 is 12.0 Å². The molecule has 2 N–H and O–H groups in total. The van der Waals surface area contributed by atoms with E-state index < -0.39 is 11.5 Å². The summed E-state index contributed by atoms with van der Waals surface area (Å²) in [6.45, 7) is 3.51. The monoisotopic (exact) mass is 256 g/mol. The molecule has 0 aliphatic carbocycles. The summed E-state index contributed by atoms with van der Waals surface area (Å²) in [4.78, 5) is 25.1. The van der Waals surface area contributed by atoms with Crippen LogP contribution in [0.25, 0.3) is 0 Å². The molecule has 0 bridgehead atoms. The predicted molar refractivity (Wildman–Crippen MR) is 64.4 cm³/mol. The van der Waals surface area contributed by atoms with Gasteiger partial charge in [0.15, 0.2) is 0 Å². The van der Waals surface area contributed by atoms with Crippen molar-refractivity contribution in [2.45, 2.75) is 44.2 Å². The van der Waals surface area contributed by atoms with Crippen LogP contribution < -0.4 is 5.32 Å². The number of carboxylic acid groups (broad SMARTS) is 1. The van der Waals surface area contributed by atoms with Crippen molar-refractivity contribution < 1.29 is 19.4 Å². The van der Waals surface area contributed by atoms with Crippen LogP contribution in [0.1, 0.15) is 32.6 Å². The molecular weight excluding hydrogens is 236 g/mol. The molecule has 0 radical (unpaired) electrons. The van der Waals surface area contributed by atoms with Gasteiger partial charge in [0.2, 0.25) is 0 Å². The number of urea groups is 1. The second-order valence-corrected chi connectivity index (χ2v) is 4.96. The summed E-state index contributed by atoms with van der Waals surface area (Å²) in [6, 6.07) is -0.256. The number of carbonyl (C=O) groups is 2. The third-order valence-corrected chi connectivity index (χ3v) is 3.97. The minimum atomic E-state index is -1.02. The number of nitrogens with zero attached hydrogens (tertiary/aromatic N) is 1. The number of aliphatic carboxylic acids is 1. The number of hydrogen-bond acceptors (Lipinski definition) is 3. The topological polar surface area (TPSA) is 78.9 Å². The van der Waals surface area contributed by atoms with E-state index in [4.69, 9.17) is 4.74 Å². The van der Waals surface area contributed by atoms with Gasteiger partial charge in [-0.05, 0) is 25.7 Å². The molecule has 2 aliphatic heterocycles. The van der Waals surface area contributed by atoms with Crippen molar-refractivity contribution in [2.24, 2.45) is 0 Å². The van der Waals surface area contributed by atoms with Gasteiger partial charge in [-0.3, -0.25) is 0 Å². The SMILES string of the molecule is CCC1(C(=O)O)CCCN1C(=O)NC1CCOC1. The van der Waals surface area contributed by atoms with E-state index in [1.54, 1.807) is 0 Å². The molecule has 2 atom stereocenters. The van der Waals surface area contributed by atoms with E-state index in [0.29, 0.717) is 32.6 Å². The molecule has 0 aromatic carbocycles. The number of likely N-dealkylation sites (tertiary alicyclic amines) is 1. The Balaban J connectivity index is 2.05. The quantitative estimate of drug-likeness (QED) is 0.783. The fourth-order valence-corrected chi connectivity index (χ4v) is 2.82. The van der Waals surface area contributed by atoms with Crippen LogP contribution >= 0.6 is 0 Å². The van der Waals surface area contributed by atoms with Gasteiger partial charge in [0.25, 0.3) is 0 Å². The molecule has 2 aliphatic rings. The van der Waals surface area contributed by atoms with Crippen LogP contribution in [0.3, 0.4) is 0 Å². The summed E-state index contributed by atoms with van der Waals surface area (Å²) in [7, 11) is 0. The minimum Gasteiger partial charge on any atom is -0.479 e. The minimum absolute atomic E-state index is 0.0152. The summed E-state index contributed by atoms with van der Waals surface area (Å²) in [6.07, 6.45) is 2.52. The maximum Gasteiger partial charge on any atom is 0.329 e. The standard InChI is InChI=1S/C12H20N2O4/c1-2-12(10(15)16)5-3-6-14(12)11(17)13-9-4-7-18-8-9/h9H,2-8H2,1H3,(H,13,17)(H,15,16). The zero-order valence-corrected chi connectivity index (χ0v) is 10.6. The molecule has 18 heavy (non-hydrogen) atoms. The average Bonchev–Trinajstić information content (AvgIpc) is 2.96. The Morgan fingerprint density at radius 2 is 2.33 bits per heavy atom. The highest BCUT2D eigenvalue weighted by Gasteiger charge is 2.48. The lowest BCUT2D eigenvalue weighted by Gasteiger charge is -2.34. The van der Waals surface area contributed by atoms with Crippen LogP contribution in [0.15, 0.2) is 0 Å². The summed E-state index contributed by atoms with van der Waals surface area (Å²) >= 11 is 0. The van der Waals surface area contributed by atoms with Crippen molar-refractivity contribution in [3.8, 4) is 0 Å². The van der Waals surface area contributed by atoms with Crippen molar-refractivity contribution >= 4 is 12.0 Å². The Kier molecular flexibility index (Phi) is 3.75. The summed E-state index contributed by atoms with van der Waals surface area (Å²) < 4.78 is 5.20. The van der Waals surface area contributed by atoms with Gasteiger partial charge in [-0.15, -0.1) is 0 Å². The van der Waals surface area contributed by atoms with Crippen LogP contribution in [-0.4, -0.2) is 53.3 Å². The molecule has 0 aromatic heterocycles. The maximum atomic E-state index is 12.2. The Bertz CT molecular complexity index is 341. The first-order valence-electron chi connectivity index (χ1n) is 6.49. The highest BCUT2D eigenvalue weighted by molar-refractivity contribution is 5.87. The first-order valence-corrected chi connectivity index (χ1v) is 6.49.